The molecule has 0 atom stereocenters. The molecule has 1 aromatic rings. The number of anilines is 1. The molecule has 17 heavy (non-hydrogen) atoms. The molecule has 0 bridgehead atoms. The molecule has 0 aliphatic heterocycles. The summed E-state index contributed by atoms with van der Waals surface area (Å²) in [6.07, 6.45) is -1.64. The van der Waals surface area contributed by atoms with E-state index in [4.69, 9.17) is 4.74 Å². The number of ether oxygens (including phenoxy) is 1. The first-order valence-corrected chi connectivity index (χ1v) is 5.18. The summed E-state index contributed by atoms with van der Waals surface area (Å²) < 4.78 is 42.2. The van der Waals surface area contributed by atoms with Gasteiger partial charge in [0.05, 0.1) is 6.10 Å². The minimum Gasteiger partial charge on any atom is -0.381 e. The molecule has 1 aromatic heterocycles. The van der Waals surface area contributed by atoms with Crippen LogP contribution in [-0.2, 0) is 10.9 Å². The third kappa shape index (κ3) is 2.85. The fraction of sp³-hybridized carbons (Fsp3) is 0.600. The summed E-state index contributed by atoms with van der Waals surface area (Å²) in [6, 6.07) is 0.938. The lowest BCUT2D eigenvalue weighted by Crippen LogP contribution is -2.40. The normalized spacial score (nSPS) is 24.2. The first kappa shape index (κ1) is 12.1. The Morgan fingerprint density at radius 2 is 2.12 bits per heavy atom. The molecule has 94 valence electrons. The number of alkyl halides is 3. The lowest BCUT2D eigenvalue weighted by molar-refractivity contribution is -0.141. The number of halogens is 3. The van der Waals surface area contributed by atoms with Crippen molar-refractivity contribution >= 4 is 5.95 Å². The average Bonchev–Trinajstić information content (AvgIpc) is 2.22. The van der Waals surface area contributed by atoms with Gasteiger partial charge in [-0.25, -0.2) is 9.97 Å². The van der Waals surface area contributed by atoms with Gasteiger partial charge in [0.15, 0.2) is 0 Å². The summed E-state index contributed by atoms with van der Waals surface area (Å²) in [5.74, 6) is 0.0133. The van der Waals surface area contributed by atoms with E-state index in [1.807, 2.05) is 0 Å². The lowest BCUT2D eigenvalue weighted by Gasteiger charge is -2.34. The summed E-state index contributed by atoms with van der Waals surface area (Å²) in [7, 11) is 1.61. The van der Waals surface area contributed by atoms with Gasteiger partial charge in [-0.15, -0.1) is 0 Å². The van der Waals surface area contributed by atoms with E-state index >= 15 is 0 Å². The van der Waals surface area contributed by atoms with Gasteiger partial charge < -0.3 is 10.1 Å². The number of aromatic nitrogens is 2. The van der Waals surface area contributed by atoms with Gasteiger partial charge >= 0.3 is 6.18 Å². The van der Waals surface area contributed by atoms with Crippen molar-refractivity contribution in [2.75, 3.05) is 12.4 Å². The minimum absolute atomic E-state index is 0.0133. The molecular formula is C10H12F3N3O. The highest BCUT2D eigenvalue weighted by Gasteiger charge is 2.34. The van der Waals surface area contributed by atoms with Crippen LogP contribution in [0.2, 0.25) is 0 Å². The van der Waals surface area contributed by atoms with Crippen molar-refractivity contribution in [3.05, 3.63) is 18.0 Å². The summed E-state index contributed by atoms with van der Waals surface area (Å²) >= 11 is 0. The van der Waals surface area contributed by atoms with Gasteiger partial charge in [0, 0.05) is 19.3 Å². The molecule has 0 saturated heterocycles. The van der Waals surface area contributed by atoms with Crippen molar-refractivity contribution in [3.63, 3.8) is 0 Å². The van der Waals surface area contributed by atoms with Gasteiger partial charge in [0.2, 0.25) is 5.95 Å². The Morgan fingerprint density at radius 1 is 1.41 bits per heavy atom. The van der Waals surface area contributed by atoms with Gasteiger partial charge in [0.25, 0.3) is 0 Å². The quantitative estimate of drug-likeness (QED) is 0.888. The van der Waals surface area contributed by atoms with Crippen LogP contribution < -0.4 is 5.32 Å². The molecule has 1 fully saturated rings. The third-order valence-electron chi connectivity index (χ3n) is 2.71. The Kier molecular flexibility index (Phi) is 3.19. The van der Waals surface area contributed by atoms with Gasteiger partial charge in [0.1, 0.15) is 5.69 Å². The standard InChI is InChI=1S/C10H12F3N3O/c1-17-7-4-6(5-7)15-9-14-3-2-8(16-9)10(11,12)13/h2-3,6-7H,4-5H2,1H3,(H,14,15,16). The van der Waals surface area contributed by atoms with Crippen LogP contribution in [0, 0.1) is 0 Å². The maximum absolute atomic E-state index is 12.4. The second kappa shape index (κ2) is 4.48. The largest absolute Gasteiger partial charge is 0.433 e. The van der Waals surface area contributed by atoms with Crippen molar-refractivity contribution in [3.8, 4) is 0 Å². The highest BCUT2D eigenvalue weighted by molar-refractivity contribution is 5.28. The van der Waals surface area contributed by atoms with Crippen LogP contribution in [0.5, 0.6) is 0 Å². The number of hydrogen-bond acceptors (Lipinski definition) is 4. The van der Waals surface area contributed by atoms with Crippen LogP contribution in [0.3, 0.4) is 0 Å². The zero-order valence-electron chi connectivity index (χ0n) is 9.16. The molecule has 1 heterocycles. The summed E-state index contributed by atoms with van der Waals surface area (Å²) in [6.45, 7) is 0. The number of hydrogen-bond donors (Lipinski definition) is 1. The molecule has 1 N–H and O–H groups in total. The monoisotopic (exact) mass is 247 g/mol. The predicted octanol–water partition coefficient (Wildman–Crippen LogP) is 2.08. The topological polar surface area (TPSA) is 47.0 Å². The van der Waals surface area contributed by atoms with Gasteiger partial charge in [-0.3, -0.25) is 0 Å². The van der Waals surface area contributed by atoms with E-state index in [2.05, 4.69) is 15.3 Å². The minimum atomic E-state index is -4.44. The molecule has 0 aromatic carbocycles. The van der Waals surface area contributed by atoms with Crippen LogP contribution in [0.25, 0.3) is 0 Å². The Bertz CT molecular complexity index is 391. The Hall–Kier alpha value is -1.37. The summed E-state index contributed by atoms with van der Waals surface area (Å²) in [5.41, 5.74) is -0.933. The molecule has 7 heteroatoms. The number of nitrogens with zero attached hydrogens (tertiary/aromatic N) is 2. The van der Waals surface area contributed by atoms with Gasteiger partial charge in [-0.05, 0) is 18.9 Å². The Balaban J connectivity index is 1.98. The van der Waals surface area contributed by atoms with E-state index in [1.165, 1.54) is 0 Å². The van der Waals surface area contributed by atoms with Crippen LogP contribution in [0.1, 0.15) is 18.5 Å². The van der Waals surface area contributed by atoms with Crippen molar-refractivity contribution < 1.29 is 17.9 Å². The van der Waals surface area contributed by atoms with Crippen molar-refractivity contribution in [2.45, 2.75) is 31.2 Å². The number of rotatable bonds is 3. The maximum Gasteiger partial charge on any atom is 0.433 e. The molecule has 0 unspecified atom stereocenters. The van der Waals surface area contributed by atoms with Crippen LogP contribution in [0.4, 0.5) is 19.1 Å². The molecule has 1 aliphatic rings. The number of methoxy groups -OCH3 is 1. The molecule has 0 spiro atoms. The molecule has 1 saturated carbocycles. The van der Waals surface area contributed by atoms with Crippen molar-refractivity contribution in [1.29, 1.82) is 0 Å². The molecule has 0 radical (unpaired) electrons. The van der Waals surface area contributed by atoms with Crippen molar-refractivity contribution in [2.24, 2.45) is 0 Å². The summed E-state index contributed by atoms with van der Waals surface area (Å²) in [4.78, 5) is 7.19. The molecule has 1 aliphatic carbocycles. The van der Waals surface area contributed by atoms with E-state index in [9.17, 15) is 13.2 Å². The first-order valence-electron chi connectivity index (χ1n) is 5.18. The van der Waals surface area contributed by atoms with E-state index in [1.54, 1.807) is 7.11 Å². The molecule has 2 rings (SSSR count). The lowest BCUT2D eigenvalue weighted by atomic mass is 9.89. The second-order valence-corrected chi connectivity index (χ2v) is 3.93. The summed E-state index contributed by atoms with van der Waals surface area (Å²) in [5, 5.41) is 2.85. The fourth-order valence-electron chi connectivity index (χ4n) is 1.64. The molecule has 0 amide bonds. The predicted molar refractivity (Wildman–Crippen MR) is 54.5 cm³/mol. The smallest absolute Gasteiger partial charge is 0.381 e. The highest BCUT2D eigenvalue weighted by atomic mass is 19.4. The maximum atomic E-state index is 12.4. The van der Waals surface area contributed by atoms with E-state index in [0.29, 0.717) is 0 Å². The van der Waals surface area contributed by atoms with Crippen LogP contribution >= 0.6 is 0 Å². The van der Waals surface area contributed by atoms with E-state index < -0.39 is 11.9 Å². The third-order valence-corrected chi connectivity index (χ3v) is 2.71. The van der Waals surface area contributed by atoms with E-state index in [-0.39, 0.29) is 18.1 Å². The first-order chi connectivity index (χ1) is 7.99. The SMILES string of the molecule is COC1CC(Nc2nccc(C(F)(F)F)n2)C1. The number of nitrogens with one attached hydrogen (secondary N) is 1. The zero-order chi connectivity index (χ0) is 12.5. The Morgan fingerprint density at radius 3 is 2.71 bits per heavy atom. The van der Waals surface area contributed by atoms with Gasteiger partial charge in [-0.1, -0.05) is 0 Å². The van der Waals surface area contributed by atoms with Crippen LogP contribution in [0.15, 0.2) is 12.3 Å². The second-order valence-electron chi connectivity index (χ2n) is 3.93. The average molecular weight is 247 g/mol. The van der Waals surface area contributed by atoms with Crippen molar-refractivity contribution in [1.82, 2.24) is 9.97 Å². The molecular weight excluding hydrogens is 235 g/mol. The highest BCUT2D eigenvalue weighted by Crippen LogP contribution is 2.29. The van der Waals surface area contributed by atoms with Crippen LogP contribution in [-0.4, -0.2) is 29.2 Å². The fourth-order valence-corrected chi connectivity index (χ4v) is 1.64. The van der Waals surface area contributed by atoms with E-state index in [0.717, 1.165) is 25.1 Å². The van der Waals surface area contributed by atoms with Gasteiger partial charge in [-0.2, -0.15) is 13.2 Å². The Labute approximate surface area is 96.2 Å². The molecule has 4 nitrogen and oxygen atoms in total. The zero-order valence-corrected chi connectivity index (χ0v) is 9.16.